The summed E-state index contributed by atoms with van der Waals surface area (Å²) in [4.78, 5) is 4.09. The largest absolute Gasteiger partial charge is 0.481 e. The highest BCUT2D eigenvalue weighted by molar-refractivity contribution is 5.42. The second kappa shape index (κ2) is 7.31. The number of methoxy groups -OCH3 is 1. The van der Waals surface area contributed by atoms with Crippen molar-refractivity contribution < 1.29 is 14.6 Å². The number of ether oxygens (including phenoxy) is 2. The molecule has 0 aromatic carbocycles. The van der Waals surface area contributed by atoms with Crippen LogP contribution >= 0.6 is 0 Å². The molecule has 1 aromatic heterocycles. The van der Waals surface area contributed by atoms with Gasteiger partial charge in [0.25, 0.3) is 0 Å². The van der Waals surface area contributed by atoms with Crippen molar-refractivity contribution in [2.75, 3.05) is 25.6 Å². The maximum Gasteiger partial charge on any atom is 0.213 e. The maximum absolute atomic E-state index is 9.84. The second-order valence-corrected chi connectivity index (χ2v) is 4.86. The summed E-state index contributed by atoms with van der Waals surface area (Å²) in [6.07, 6.45) is 6.28. The van der Waals surface area contributed by atoms with Crippen molar-refractivity contribution >= 4 is 5.69 Å². The van der Waals surface area contributed by atoms with Crippen LogP contribution in [0.25, 0.3) is 0 Å². The molecule has 2 N–H and O–H groups in total. The number of pyridine rings is 1. The molecule has 1 atom stereocenters. The van der Waals surface area contributed by atoms with E-state index in [0.29, 0.717) is 25.1 Å². The molecule has 0 bridgehead atoms. The third-order valence-corrected chi connectivity index (χ3v) is 3.31. The SMILES string of the molecule is COc1ccc(NCC(O)COC2CCCC2)cn1. The summed E-state index contributed by atoms with van der Waals surface area (Å²) < 4.78 is 10.6. The van der Waals surface area contributed by atoms with Gasteiger partial charge in [0, 0.05) is 12.6 Å². The maximum atomic E-state index is 9.84. The summed E-state index contributed by atoms with van der Waals surface area (Å²) in [6, 6.07) is 3.65. The van der Waals surface area contributed by atoms with E-state index in [1.54, 1.807) is 19.4 Å². The molecule has 19 heavy (non-hydrogen) atoms. The van der Waals surface area contributed by atoms with Crippen molar-refractivity contribution in [3.63, 3.8) is 0 Å². The third kappa shape index (κ3) is 4.69. The first-order valence-electron chi connectivity index (χ1n) is 6.81. The Bertz CT molecular complexity index is 363. The zero-order valence-corrected chi connectivity index (χ0v) is 11.3. The number of anilines is 1. The molecule has 1 heterocycles. The van der Waals surface area contributed by atoms with Crippen LogP contribution in [0.5, 0.6) is 5.88 Å². The molecule has 1 saturated carbocycles. The van der Waals surface area contributed by atoms with Crippen LogP contribution in [0.2, 0.25) is 0 Å². The number of nitrogens with one attached hydrogen (secondary N) is 1. The molecular weight excluding hydrogens is 244 g/mol. The topological polar surface area (TPSA) is 63.6 Å². The first-order valence-corrected chi connectivity index (χ1v) is 6.81. The van der Waals surface area contributed by atoms with Gasteiger partial charge in [-0.3, -0.25) is 0 Å². The molecule has 5 heteroatoms. The first kappa shape index (κ1) is 14.1. The van der Waals surface area contributed by atoms with Crippen molar-refractivity contribution in [2.45, 2.75) is 37.9 Å². The molecule has 0 radical (unpaired) electrons. The predicted molar refractivity (Wildman–Crippen MR) is 73.5 cm³/mol. The van der Waals surface area contributed by atoms with E-state index in [2.05, 4.69) is 10.3 Å². The third-order valence-electron chi connectivity index (χ3n) is 3.31. The molecule has 0 amide bonds. The number of hydrogen-bond acceptors (Lipinski definition) is 5. The first-order chi connectivity index (χ1) is 9.28. The lowest BCUT2D eigenvalue weighted by molar-refractivity contribution is -0.00117. The van der Waals surface area contributed by atoms with Gasteiger partial charge in [-0.05, 0) is 18.9 Å². The average molecular weight is 266 g/mol. The summed E-state index contributed by atoms with van der Waals surface area (Å²) in [5.41, 5.74) is 0.862. The Kier molecular flexibility index (Phi) is 5.42. The number of aliphatic hydroxyl groups is 1. The minimum absolute atomic E-state index is 0.345. The molecule has 1 aromatic rings. The highest BCUT2D eigenvalue weighted by Crippen LogP contribution is 2.21. The monoisotopic (exact) mass is 266 g/mol. The summed E-state index contributed by atoms with van der Waals surface area (Å²) in [5, 5.41) is 13.0. The lowest BCUT2D eigenvalue weighted by Crippen LogP contribution is -2.27. The molecule has 0 saturated heterocycles. The van der Waals surface area contributed by atoms with Gasteiger partial charge in [0.2, 0.25) is 5.88 Å². The fourth-order valence-electron chi connectivity index (χ4n) is 2.20. The van der Waals surface area contributed by atoms with Gasteiger partial charge in [0.15, 0.2) is 0 Å². The van der Waals surface area contributed by atoms with E-state index in [0.717, 1.165) is 18.5 Å². The molecule has 106 valence electrons. The number of rotatable bonds is 7. The van der Waals surface area contributed by atoms with Crippen LogP contribution in [-0.2, 0) is 4.74 Å². The van der Waals surface area contributed by atoms with Gasteiger partial charge < -0.3 is 19.9 Å². The molecule has 1 unspecified atom stereocenters. The minimum Gasteiger partial charge on any atom is -0.481 e. The number of nitrogens with zero attached hydrogens (tertiary/aromatic N) is 1. The van der Waals surface area contributed by atoms with Crippen molar-refractivity contribution in [3.05, 3.63) is 18.3 Å². The second-order valence-electron chi connectivity index (χ2n) is 4.86. The van der Waals surface area contributed by atoms with Gasteiger partial charge in [0.1, 0.15) is 0 Å². The van der Waals surface area contributed by atoms with Gasteiger partial charge >= 0.3 is 0 Å². The Labute approximate surface area is 114 Å². The summed E-state index contributed by atoms with van der Waals surface area (Å²) in [7, 11) is 1.58. The molecule has 0 spiro atoms. The average Bonchev–Trinajstić information content (AvgIpc) is 2.96. The number of aromatic nitrogens is 1. The van der Waals surface area contributed by atoms with E-state index >= 15 is 0 Å². The zero-order chi connectivity index (χ0) is 13.5. The van der Waals surface area contributed by atoms with Crippen LogP contribution in [0.15, 0.2) is 18.3 Å². The molecule has 2 rings (SSSR count). The molecule has 1 aliphatic rings. The van der Waals surface area contributed by atoms with Crippen LogP contribution in [0.4, 0.5) is 5.69 Å². The van der Waals surface area contributed by atoms with Crippen LogP contribution in [-0.4, -0.2) is 42.6 Å². The Hall–Kier alpha value is -1.33. The summed E-state index contributed by atoms with van der Waals surface area (Å²) >= 11 is 0. The molecule has 1 aliphatic carbocycles. The van der Waals surface area contributed by atoms with E-state index in [1.807, 2.05) is 6.07 Å². The molecule has 0 aliphatic heterocycles. The fraction of sp³-hybridized carbons (Fsp3) is 0.643. The Morgan fingerprint density at radius 3 is 2.84 bits per heavy atom. The van der Waals surface area contributed by atoms with Crippen molar-refractivity contribution in [1.29, 1.82) is 0 Å². The summed E-state index contributed by atoms with van der Waals surface area (Å²) in [5.74, 6) is 0.579. The molecule has 1 fully saturated rings. The van der Waals surface area contributed by atoms with Gasteiger partial charge in [-0.25, -0.2) is 4.98 Å². The quantitative estimate of drug-likeness (QED) is 0.788. The van der Waals surface area contributed by atoms with E-state index in [-0.39, 0.29) is 0 Å². The smallest absolute Gasteiger partial charge is 0.213 e. The zero-order valence-electron chi connectivity index (χ0n) is 11.3. The Morgan fingerprint density at radius 2 is 2.21 bits per heavy atom. The minimum atomic E-state index is -0.497. The van der Waals surface area contributed by atoms with Crippen molar-refractivity contribution in [1.82, 2.24) is 4.98 Å². The van der Waals surface area contributed by atoms with E-state index in [4.69, 9.17) is 9.47 Å². The number of hydrogen-bond donors (Lipinski definition) is 2. The van der Waals surface area contributed by atoms with E-state index < -0.39 is 6.10 Å². The number of aliphatic hydroxyl groups excluding tert-OH is 1. The molecule has 5 nitrogen and oxygen atoms in total. The lowest BCUT2D eigenvalue weighted by atomic mass is 10.3. The van der Waals surface area contributed by atoms with Crippen LogP contribution in [0, 0.1) is 0 Å². The van der Waals surface area contributed by atoms with E-state index in [1.165, 1.54) is 12.8 Å². The highest BCUT2D eigenvalue weighted by Gasteiger charge is 2.16. The Morgan fingerprint density at radius 1 is 1.42 bits per heavy atom. The van der Waals surface area contributed by atoms with Gasteiger partial charge in [-0.15, -0.1) is 0 Å². The predicted octanol–water partition coefficient (Wildman–Crippen LogP) is 1.82. The van der Waals surface area contributed by atoms with Gasteiger partial charge in [-0.1, -0.05) is 12.8 Å². The highest BCUT2D eigenvalue weighted by atomic mass is 16.5. The normalized spacial score (nSPS) is 17.4. The van der Waals surface area contributed by atoms with Crippen molar-refractivity contribution in [3.8, 4) is 5.88 Å². The standard InChI is InChI=1S/C14H22N2O3/c1-18-14-7-6-11(8-16-14)15-9-12(17)10-19-13-4-2-3-5-13/h6-8,12-13,15,17H,2-5,9-10H2,1H3. The molecular formula is C14H22N2O3. The van der Waals surface area contributed by atoms with Gasteiger partial charge in [0.05, 0.1) is 37.8 Å². The summed E-state index contributed by atoms with van der Waals surface area (Å²) in [6.45, 7) is 0.849. The van der Waals surface area contributed by atoms with Crippen LogP contribution in [0.1, 0.15) is 25.7 Å². The van der Waals surface area contributed by atoms with Gasteiger partial charge in [-0.2, -0.15) is 0 Å². The fourth-order valence-corrected chi connectivity index (χ4v) is 2.20. The Balaban J connectivity index is 1.65. The van der Waals surface area contributed by atoms with E-state index in [9.17, 15) is 5.11 Å². The van der Waals surface area contributed by atoms with Crippen LogP contribution < -0.4 is 10.1 Å². The lowest BCUT2D eigenvalue weighted by Gasteiger charge is -2.16. The van der Waals surface area contributed by atoms with Crippen LogP contribution in [0.3, 0.4) is 0 Å². The van der Waals surface area contributed by atoms with Crippen molar-refractivity contribution in [2.24, 2.45) is 0 Å².